The van der Waals surface area contributed by atoms with Crippen molar-refractivity contribution in [3.8, 4) is 0 Å². The van der Waals surface area contributed by atoms with Gasteiger partial charge < -0.3 is 0 Å². The zero-order chi connectivity index (χ0) is 21.7. The Balaban J connectivity index is -0.000000411. The third-order valence-electron chi connectivity index (χ3n) is 3.99. The van der Waals surface area contributed by atoms with Crippen LogP contribution in [0.25, 0.3) is 0 Å². The molecule has 0 amide bonds. The fourth-order valence-corrected chi connectivity index (χ4v) is 1.35. The van der Waals surface area contributed by atoms with Gasteiger partial charge in [0, 0.05) is 70.5 Å². The van der Waals surface area contributed by atoms with Crippen LogP contribution >= 0.6 is 0 Å². The Labute approximate surface area is 207 Å². The minimum atomic E-state index is -0.402. The molecule has 0 spiro atoms. The van der Waals surface area contributed by atoms with E-state index in [1.165, 1.54) is 0 Å². The summed E-state index contributed by atoms with van der Waals surface area (Å²) in [5.74, 6) is 0.0831. The average Bonchev–Trinajstić information content (AvgIpc) is 2.34. The van der Waals surface area contributed by atoms with Gasteiger partial charge in [0.2, 0.25) is 0 Å². The zero-order valence-corrected chi connectivity index (χ0v) is 24.2. The monoisotopic (exact) mass is 506 g/mol. The second-order valence-electron chi connectivity index (χ2n) is 11.0. The molecule has 27 heavy (non-hydrogen) atoms. The third-order valence-corrected chi connectivity index (χ3v) is 3.99. The Kier molecular flexibility index (Phi) is 13.5. The minimum Gasteiger partial charge on any atom is -0.299 e. The molecule has 154 valence electrons. The van der Waals surface area contributed by atoms with Gasteiger partial charge in [-0.25, -0.2) is 0 Å². The van der Waals surface area contributed by atoms with Gasteiger partial charge in [-0.05, 0) is 0 Å². The molecule has 0 atom stereocenters. The van der Waals surface area contributed by atoms with Crippen LogP contribution in [0.2, 0.25) is 0 Å². The molecular weight excluding hydrogens is 466 g/mol. The summed E-state index contributed by atoms with van der Waals surface area (Å²) in [5.41, 5.74) is -1.61. The van der Waals surface area contributed by atoms with Crippen LogP contribution in [0.1, 0.15) is 95.9 Å². The summed E-state index contributed by atoms with van der Waals surface area (Å²) in [7, 11) is 0. The molecule has 0 heterocycles. The van der Waals surface area contributed by atoms with Crippen LogP contribution in [0.15, 0.2) is 0 Å². The molecule has 0 aromatic rings. The van der Waals surface area contributed by atoms with Crippen molar-refractivity contribution >= 4 is 72.0 Å². The quantitative estimate of drug-likeness (QED) is 0.405. The van der Waals surface area contributed by atoms with Crippen LogP contribution in [-0.4, -0.2) is 72.0 Å². The van der Waals surface area contributed by atoms with Crippen molar-refractivity contribution in [2.24, 2.45) is 21.7 Å². The Hall–Kier alpha value is 0.251. The van der Waals surface area contributed by atoms with Gasteiger partial charge in [0.25, 0.3) is 0 Å². The largest absolute Gasteiger partial charge is 0.299 e. The van der Waals surface area contributed by atoms with Gasteiger partial charge in [-0.2, -0.15) is 0 Å². The van der Waals surface area contributed by atoms with E-state index in [0.29, 0.717) is 0 Å². The van der Waals surface area contributed by atoms with Crippen molar-refractivity contribution in [2.45, 2.75) is 95.9 Å². The van der Waals surface area contributed by atoms with E-state index in [-0.39, 0.29) is 84.9 Å². The normalized spacial score (nSPS) is 12.3. The molecule has 0 unspecified atom stereocenters. The molecule has 0 aromatic heterocycles. The van der Waals surface area contributed by atoms with E-state index in [1.54, 1.807) is 0 Å². The molecule has 0 saturated heterocycles. The van der Waals surface area contributed by atoms with Gasteiger partial charge in [-0.15, -0.1) is 0 Å². The van der Waals surface area contributed by atoms with Crippen LogP contribution in [-0.2, 0) is 19.2 Å². The molecule has 0 rings (SSSR count). The van der Waals surface area contributed by atoms with Crippen LogP contribution in [0.3, 0.4) is 0 Å². The molecule has 0 bridgehead atoms. The Bertz CT molecular complexity index is 435. The summed E-state index contributed by atoms with van der Waals surface area (Å²) in [5, 5.41) is 0. The summed E-state index contributed by atoms with van der Waals surface area (Å²) < 4.78 is 0. The van der Waals surface area contributed by atoms with Gasteiger partial charge in [0.15, 0.2) is 0 Å². The smallest absolute Gasteiger partial charge is 0.145 e. The number of carbonyl (C=O) groups excluding carboxylic acids is 4. The summed E-state index contributed by atoms with van der Waals surface area (Å²) in [6, 6.07) is 0. The van der Waals surface area contributed by atoms with Crippen LogP contribution in [0.5, 0.6) is 0 Å². The molecule has 0 aliphatic rings. The van der Waals surface area contributed by atoms with Crippen LogP contribution in [0, 0.1) is 21.7 Å². The summed E-state index contributed by atoms with van der Waals surface area (Å²) in [6.07, 6.45) is 0.125. The fourth-order valence-electron chi connectivity index (χ4n) is 1.35. The SMILES string of the molecule is CC(C)(C)C(=O)CC(=O)C(C)(C)C.CC(C)(C)C(=O)CC(=O)C(C)(C)C.[Ba]. The molecule has 2 radical (unpaired) electrons. The van der Waals surface area contributed by atoms with E-state index in [1.807, 2.05) is 83.1 Å². The molecule has 0 N–H and O–H groups in total. The first-order valence-corrected chi connectivity index (χ1v) is 9.23. The standard InChI is InChI=1S/2C11H20O2.Ba/c2*1-10(2,3)8(12)7-9(13)11(4,5)6;/h2*7H2,1-6H3;. The number of Topliss-reactive ketones (excluding diaryl/α,β-unsaturated/α-hetero) is 4. The molecule has 0 aliphatic heterocycles. The predicted octanol–water partition coefficient (Wildman–Crippen LogP) is 4.83. The number of carbonyl (C=O) groups is 4. The molecule has 0 aliphatic carbocycles. The molecule has 0 aromatic carbocycles. The van der Waals surface area contributed by atoms with E-state index >= 15 is 0 Å². The zero-order valence-electron chi connectivity index (χ0n) is 19.8. The van der Waals surface area contributed by atoms with Crippen molar-refractivity contribution in [3.05, 3.63) is 0 Å². The summed E-state index contributed by atoms with van der Waals surface area (Å²) in [6.45, 7) is 22.1. The predicted molar refractivity (Wildman–Crippen MR) is 113 cm³/mol. The Morgan fingerprint density at radius 1 is 0.407 bits per heavy atom. The maximum atomic E-state index is 11.5. The van der Waals surface area contributed by atoms with E-state index in [4.69, 9.17) is 0 Å². The molecular formula is C22H40BaO4. The van der Waals surface area contributed by atoms with E-state index in [2.05, 4.69) is 0 Å². The van der Waals surface area contributed by atoms with Crippen molar-refractivity contribution in [1.29, 1.82) is 0 Å². The van der Waals surface area contributed by atoms with Crippen molar-refractivity contribution in [1.82, 2.24) is 0 Å². The van der Waals surface area contributed by atoms with Gasteiger partial charge in [0.05, 0.1) is 12.8 Å². The Morgan fingerprint density at radius 2 is 0.519 bits per heavy atom. The Morgan fingerprint density at radius 3 is 0.593 bits per heavy atom. The number of hydrogen-bond acceptors (Lipinski definition) is 4. The maximum Gasteiger partial charge on any atom is 0.145 e. The van der Waals surface area contributed by atoms with E-state index in [9.17, 15) is 19.2 Å². The summed E-state index contributed by atoms with van der Waals surface area (Å²) in [4.78, 5) is 46.0. The van der Waals surface area contributed by atoms with Crippen molar-refractivity contribution in [2.75, 3.05) is 0 Å². The first kappa shape index (κ1) is 31.9. The van der Waals surface area contributed by atoms with Crippen LogP contribution < -0.4 is 0 Å². The topological polar surface area (TPSA) is 68.3 Å². The molecule has 0 saturated carbocycles. The second kappa shape index (κ2) is 11.4. The van der Waals surface area contributed by atoms with Gasteiger partial charge in [-0.1, -0.05) is 83.1 Å². The number of hydrogen-bond donors (Lipinski definition) is 0. The first-order valence-electron chi connectivity index (χ1n) is 9.23. The molecule has 0 fully saturated rings. The first-order chi connectivity index (χ1) is 11.1. The summed E-state index contributed by atoms with van der Waals surface area (Å²) >= 11 is 0. The van der Waals surface area contributed by atoms with Crippen molar-refractivity contribution < 1.29 is 19.2 Å². The molecule has 4 nitrogen and oxygen atoms in total. The molecule has 5 heteroatoms. The average molecular weight is 506 g/mol. The number of rotatable bonds is 4. The minimum absolute atomic E-state index is 0. The van der Waals surface area contributed by atoms with Gasteiger partial charge in [-0.3, -0.25) is 19.2 Å². The number of ketones is 4. The maximum absolute atomic E-state index is 11.5. The fraction of sp³-hybridized carbons (Fsp3) is 0.818. The van der Waals surface area contributed by atoms with Crippen molar-refractivity contribution in [3.63, 3.8) is 0 Å². The van der Waals surface area contributed by atoms with Crippen LogP contribution in [0.4, 0.5) is 0 Å². The second-order valence-corrected chi connectivity index (χ2v) is 11.0. The van der Waals surface area contributed by atoms with E-state index in [0.717, 1.165) is 0 Å². The van der Waals surface area contributed by atoms with E-state index < -0.39 is 21.7 Å². The van der Waals surface area contributed by atoms with Gasteiger partial charge >= 0.3 is 0 Å². The van der Waals surface area contributed by atoms with Gasteiger partial charge in [0.1, 0.15) is 23.1 Å². The third kappa shape index (κ3) is 14.8.